The first kappa shape index (κ1) is 20.1. The minimum absolute atomic E-state index is 0.188. The third kappa shape index (κ3) is 4.51. The Kier molecular flexibility index (Phi) is 5.05. The van der Waals surface area contributed by atoms with Gasteiger partial charge in [0.25, 0.3) is 0 Å². The molecule has 7 nitrogen and oxygen atoms in total. The van der Waals surface area contributed by atoms with Gasteiger partial charge in [-0.25, -0.2) is 9.59 Å². The van der Waals surface area contributed by atoms with Crippen molar-refractivity contribution in [3.05, 3.63) is 17.3 Å². The van der Waals surface area contributed by atoms with Crippen LogP contribution >= 0.6 is 0 Å². The molecule has 0 bridgehead atoms. The Hall–Kier alpha value is -2.18. The molecule has 0 spiro atoms. The van der Waals surface area contributed by atoms with E-state index in [-0.39, 0.29) is 11.2 Å². The van der Waals surface area contributed by atoms with Crippen LogP contribution in [0.15, 0.2) is 6.20 Å². The number of nitrogens with zero attached hydrogens (tertiary/aromatic N) is 3. The van der Waals surface area contributed by atoms with Gasteiger partial charge in [0.15, 0.2) is 5.82 Å². The van der Waals surface area contributed by atoms with E-state index < -0.39 is 23.4 Å². The second-order valence-electron chi connectivity index (χ2n) is 9.25. The molecule has 7 heteroatoms. The fourth-order valence-electron chi connectivity index (χ4n) is 2.93. The van der Waals surface area contributed by atoms with Crippen LogP contribution in [0, 0.1) is 0 Å². The molecule has 2 rings (SSSR count). The molecule has 1 aliphatic rings. The second kappa shape index (κ2) is 6.52. The Labute approximate surface area is 155 Å². The van der Waals surface area contributed by atoms with Crippen molar-refractivity contribution in [3.63, 3.8) is 0 Å². The van der Waals surface area contributed by atoms with Crippen molar-refractivity contribution in [1.82, 2.24) is 10.2 Å². The van der Waals surface area contributed by atoms with Gasteiger partial charge in [-0.1, -0.05) is 13.8 Å². The van der Waals surface area contributed by atoms with Crippen molar-refractivity contribution >= 4 is 18.0 Å². The molecule has 1 aromatic heterocycles. The lowest BCUT2D eigenvalue weighted by Crippen LogP contribution is -2.45. The predicted octanol–water partition coefficient (Wildman–Crippen LogP) is 4.38. The summed E-state index contributed by atoms with van der Waals surface area (Å²) in [5, 5.41) is 8.12. The molecule has 0 saturated heterocycles. The third-order valence-electron chi connectivity index (χ3n) is 3.97. The summed E-state index contributed by atoms with van der Waals surface area (Å²) in [5.41, 5.74) is 0.0562. The van der Waals surface area contributed by atoms with Gasteiger partial charge >= 0.3 is 12.2 Å². The number of aryl methyl sites for hydroxylation is 1. The monoisotopic (exact) mass is 363 g/mol. The molecule has 0 saturated carbocycles. The first-order valence-electron chi connectivity index (χ1n) is 8.82. The van der Waals surface area contributed by atoms with E-state index in [9.17, 15) is 9.59 Å². The number of hydrogen-bond acceptors (Lipinski definition) is 6. The van der Waals surface area contributed by atoms with E-state index in [1.165, 1.54) is 0 Å². The number of rotatable bonds is 1. The second-order valence-corrected chi connectivity index (χ2v) is 9.25. The average molecular weight is 363 g/mol. The number of aromatic nitrogens is 2. The molecule has 1 aromatic rings. The molecule has 0 aromatic carbocycles. The van der Waals surface area contributed by atoms with E-state index in [1.54, 1.807) is 47.7 Å². The van der Waals surface area contributed by atoms with Crippen LogP contribution in [0.4, 0.5) is 15.4 Å². The number of hydrogen-bond donors (Lipinski definition) is 0. The number of amides is 2. The van der Waals surface area contributed by atoms with Gasteiger partial charge in [0, 0.05) is 5.56 Å². The number of anilines is 1. The molecule has 1 aliphatic carbocycles. The van der Waals surface area contributed by atoms with Crippen LogP contribution in [0.2, 0.25) is 0 Å². The minimum Gasteiger partial charge on any atom is -0.443 e. The summed E-state index contributed by atoms with van der Waals surface area (Å²) in [6, 6.07) is 0. The van der Waals surface area contributed by atoms with Crippen molar-refractivity contribution < 1.29 is 19.1 Å². The maximum Gasteiger partial charge on any atom is 0.425 e. The highest BCUT2D eigenvalue weighted by Crippen LogP contribution is 2.42. The summed E-state index contributed by atoms with van der Waals surface area (Å²) in [6.45, 7) is 14.6. The summed E-state index contributed by atoms with van der Waals surface area (Å²) >= 11 is 0. The molecule has 0 aliphatic heterocycles. The predicted molar refractivity (Wildman–Crippen MR) is 98.3 cm³/mol. The Bertz CT molecular complexity index is 686. The van der Waals surface area contributed by atoms with Gasteiger partial charge in [0.1, 0.15) is 11.2 Å². The molecule has 0 radical (unpaired) electrons. The highest BCUT2D eigenvalue weighted by atomic mass is 16.6. The lowest BCUT2D eigenvalue weighted by atomic mass is 9.87. The smallest absolute Gasteiger partial charge is 0.425 e. The average Bonchev–Trinajstić information content (AvgIpc) is 2.71. The fraction of sp³-hybridized carbons (Fsp3) is 0.684. The van der Waals surface area contributed by atoms with Crippen LogP contribution < -0.4 is 4.90 Å². The molecule has 0 atom stereocenters. The van der Waals surface area contributed by atoms with Crippen LogP contribution in [0.25, 0.3) is 0 Å². The van der Waals surface area contributed by atoms with E-state index in [2.05, 4.69) is 24.0 Å². The topological polar surface area (TPSA) is 81.6 Å². The Morgan fingerprint density at radius 1 is 1.04 bits per heavy atom. The van der Waals surface area contributed by atoms with Gasteiger partial charge < -0.3 is 9.47 Å². The molecule has 2 amide bonds. The first-order valence-corrected chi connectivity index (χ1v) is 8.82. The van der Waals surface area contributed by atoms with Crippen molar-refractivity contribution in [2.75, 3.05) is 4.90 Å². The van der Waals surface area contributed by atoms with Crippen LogP contribution in [0.3, 0.4) is 0 Å². The zero-order valence-corrected chi connectivity index (χ0v) is 17.0. The van der Waals surface area contributed by atoms with Gasteiger partial charge in [0.05, 0.1) is 6.20 Å². The summed E-state index contributed by atoms with van der Waals surface area (Å²) in [6.07, 6.45) is 1.76. The standard InChI is InChI=1S/C19H29N3O4/c1-17(2,3)25-15(23)22(16(24)26-18(4,5)6)14-13-12(11-20-21-14)9-10-19(13,7)8/h11H,9-10H2,1-8H3. The van der Waals surface area contributed by atoms with Crippen LogP contribution in [0.5, 0.6) is 0 Å². The molecular formula is C19H29N3O4. The summed E-state index contributed by atoms with van der Waals surface area (Å²) in [4.78, 5) is 26.5. The van der Waals surface area contributed by atoms with E-state index in [1.807, 2.05) is 0 Å². The molecular weight excluding hydrogens is 334 g/mol. The quantitative estimate of drug-likeness (QED) is 0.736. The van der Waals surface area contributed by atoms with Crippen molar-refractivity contribution in [2.24, 2.45) is 0 Å². The largest absolute Gasteiger partial charge is 0.443 e. The van der Waals surface area contributed by atoms with Gasteiger partial charge in [-0.15, -0.1) is 5.10 Å². The fourth-order valence-corrected chi connectivity index (χ4v) is 2.93. The van der Waals surface area contributed by atoms with Gasteiger partial charge in [-0.3, -0.25) is 0 Å². The SMILES string of the molecule is CC(C)(C)OC(=O)N(C(=O)OC(C)(C)C)c1nncc2c1C(C)(C)CC2. The minimum atomic E-state index is -0.822. The van der Waals surface area contributed by atoms with Crippen molar-refractivity contribution in [1.29, 1.82) is 0 Å². The zero-order chi connectivity index (χ0) is 19.9. The Morgan fingerprint density at radius 2 is 1.54 bits per heavy atom. The number of carbonyl (C=O) groups is 2. The van der Waals surface area contributed by atoms with Gasteiger partial charge in [-0.05, 0) is 65.4 Å². The molecule has 1 heterocycles. The van der Waals surface area contributed by atoms with Crippen LogP contribution in [-0.2, 0) is 21.3 Å². The normalized spacial score (nSPS) is 16.0. The highest BCUT2D eigenvalue weighted by molar-refractivity contribution is 6.09. The Balaban J connectivity index is 2.54. The molecule has 0 fully saturated rings. The summed E-state index contributed by atoms with van der Waals surface area (Å²) < 4.78 is 10.9. The maximum absolute atomic E-state index is 12.8. The van der Waals surface area contributed by atoms with Crippen LogP contribution in [-0.4, -0.2) is 33.6 Å². The number of ether oxygens (including phenoxy) is 2. The lowest BCUT2D eigenvalue weighted by Gasteiger charge is -2.30. The molecule has 144 valence electrons. The zero-order valence-electron chi connectivity index (χ0n) is 17.0. The van der Waals surface area contributed by atoms with E-state index in [0.717, 1.165) is 28.9 Å². The highest BCUT2D eigenvalue weighted by Gasteiger charge is 2.41. The summed E-state index contributed by atoms with van der Waals surface area (Å²) in [5.74, 6) is 0.188. The van der Waals surface area contributed by atoms with Gasteiger partial charge in [-0.2, -0.15) is 10.00 Å². The van der Waals surface area contributed by atoms with Crippen LogP contribution in [0.1, 0.15) is 72.9 Å². The third-order valence-corrected chi connectivity index (χ3v) is 3.97. The molecule has 26 heavy (non-hydrogen) atoms. The van der Waals surface area contributed by atoms with Crippen molar-refractivity contribution in [2.45, 2.75) is 84.8 Å². The molecule has 0 unspecified atom stereocenters. The van der Waals surface area contributed by atoms with E-state index in [0.29, 0.717) is 0 Å². The van der Waals surface area contributed by atoms with Crippen molar-refractivity contribution in [3.8, 4) is 0 Å². The maximum atomic E-state index is 12.8. The van der Waals surface area contributed by atoms with E-state index >= 15 is 0 Å². The summed E-state index contributed by atoms with van der Waals surface area (Å²) in [7, 11) is 0. The van der Waals surface area contributed by atoms with Gasteiger partial charge in [0.2, 0.25) is 0 Å². The Morgan fingerprint density at radius 3 is 2.00 bits per heavy atom. The lowest BCUT2D eigenvalue weighted by molar-refractivity contribution is 0.0428. The first-order chi connectivity index (χ1) is 11.7. The number of carbonyl (C=O) groups excluding carboxylic acids is 2. The van der Waals surface area contributed by atoms with E-state index in [4.69, 9.17) is 9.47 Å². The number of fused-ring (bicyclic) bond motifs is 1. The number of imide groups is 1. The molecule has 0 N–H and O–H groups in total.